The van der Waals surface area contributed by atoms with E-state index in [0.29, 0.717) is 24.2 Å². The van der Waals surface area contributed by atoms with Gasteiger partial charge in [-0.3, -0.25) is 9.79 Å². The molecule has 132 valence electrons. The van der Waals surface area contributed by atoms with E-state index in [1.54, 1.807) is 13.1 Å². The third-order valence-electron chi connectivity index (χ3n) is 4.50. The summed E-state index contributed by atoms with van der Waals surface area (Å²) < 4.78 is 0. The molecule has 6 heteroatoms. The lowest BCUT2D eigenvalue weighted by Gasteiger charge is -2.35. The van der Waals surface area contributed by atoms with Gasteiger partial charge in [-0.25, -0.2) is 0 Å². The predicted octanol–water partition coefficient (Wildman–Crippen LogP) is 1.32. The van der Waals surface area contributed by atoms with Crippen LogP contribution in [0.15, 0.2) is 29.3 Å². The molecule has 0 unspecified atom stereocenters. The molecule has 6 nitrogen and oxygen atoms in total. The van der Waals surface area contributed by atoms with Gasteiger partial charge in [0.05, 0.1) is 0 Å². The van der Waals surface area contributed by atoms with Crippen molar-refractivity contribution in [3.63, 3.8) is 0 Å². The van der Waals surface area contributed by atoms with Crippen molar-refractivity contribution in [2.75, 3.05) is 20.1 Å². The number of guanidine groups is 1. The van der Waals surface area contributed by atoms with Gasteiger partial charge in [-0.05, 0) is 44.4 Å². The first-order chi connectivity index (χ1) is 11.5. The zero-order valence-corrected chi connectivity index (χ0v) is 14.9. The van der Waals surface area contributed by atoms with Crippen LogP contribution in [0.25, 0.3) is 0 Å². The summed E-state index contributed by atoms with van der Waals surface area (Å²) in [4.78, 5) is 18.0. The molecule has 2 rings (SSSR count). The number of hydrogen-bond donors (Lipinski definition) is 3. The van der Waals surface area contributed by atoms with Crippen LogP contribution < -0.4 is 16.4 Å². The predicted molar refractivity (Wildman–Crippen MR) is 98.0 cm³/mol. The zero-order valence-electron chi connectivity index (χ0n) is 14.9. The number of primary amides is 1. The number of nitrogens with one attached hydrogen (secondary N) is 2. The summed E-state index contributed by atoms with van der Waals surface area (Å²) >= 11 is 0. The van der Waals surface area contributed by atoms with Crippen molar-refractivity contribution in [3.05, 3.63) is 35.4 Å². The number of amides is 1. The van der Waals surface area contributed by atoms with E-state index >= 15 is 0 Å². The van der Waals surface area contributed by atoms with Gasteiger partial charge in [-0.2, -0.15) is 0 Å². The van der Waals surface area contributed by atoms with Crippen LogP contribution in [0.2, 0.25) is 0 Å². The van der Waals surface area contributed by atoms with Gasteiger partial charge in [0, 0.05) is 44.3 Å². The smallest absolute Gasteiger partial charge is 0.248 e. The van der Waals surface area contributed by atoms with Gasteiger partial charge in [0.1, 0.15) is 0 Å². The molecule has 0 radical (unpaired) electrons. The summed E-state index contributed by atoms with van der Waals surface area (Å²) in [6.45, 7) is 7.33. The Kier molecular flexibility index (Phi) is 6.61. The van der Waals surface area contributed by atoms with Crippen molar-refractivity contribution in [2.24, 2.45) is 10.7 Å². The highest BCUT2D eigenvalue weighted by Crippen LogP contribution is 2.12. The van der Waals surface area contributed by atoms with Crippen molar-refractivity contribution in [2.45, 2.75) is 45.3 Å². The van der Waals surface area contributed by atoms with Gasteiger partial charge in [0.2, 0.25) is 5.91 Å². The lowest BCUT2D eigenvalue weighted by atomic mass is 10.0. The molecule has 1 amide bonds. The molecule has 0 saturated carbocycles. The molecule has 0 aromatic heterocycles. The summed E-state index contributed by atoms with van der Waals surface area (Å²) in [6.07, 6.45) is 2.24. The molecule has 0 spiro atoms. The Labute approximate surface area is 144 Å². The highest BCUT2D eigenvalue weighted by Gasteiger charge is 2.21. The molecule has 24 heavy (non-hydrogen) atoms. The highest BCUT2D eigenvalue weighted by atomic mass is 16.1. The second-order valence-electron chi connectivity index (χ2n) is 6.54. The Morgan fingerprint density at radius 1 is 1.38 bits per heavy atom. The minimum atomic E-state index is -0.406. The van der Waals surface area contributed by atoms with Gasteiger partial charge < -0.3 is 21.3 Å². The minimum absolute atomic E-state index is 0.406. The SMILES string of the molecule is CN=C(NCc1cccc(C(N)=O)c1)NC1CCN(C(C)C)CC1. The molecule has 0 bridgehead atoms. The Morgan fingerprint density at radius 3 is 2.67 bits per heavy atom. The van der Waals surface area contributed by atoms with Crippen LogP contribution in [-0.2, 0) is 6.54 Å². The van der Waals surface area contributed by atoms with E-state index in [-0.39, 0.29) is 0 Å². The summed E-state index contributed by atoms with van der Waals surface area (Å²) in [5.41, 5.74) is 6.85. The van der Waals surface area contributed by atoms with Crippen molar-refractivity contribution in [1.29, 1.82) is 0 Å². The first-order valence-corrected chi connectivity index (χ1v) is 8.59. The van der Waals surface area contributed by atoms with Crippen LogP contribution in [0.5, 0.6) is 0 Å². The van der Waals surface area contributed by atoms with E-state index in [1.165, 1.54) is 0 Å². The zero-order chi connectivity index (χ0) is 17.5. The van der Waals surface area contributed by atoms with E-state index in [0.717, 1.165) is 37.5 Å². The standard InChI is InChI=1S/C18H29N5O/c1-13(2)23-9-7-16(8-10-23)22-18(20-3)21-12-14-5-4-6-15(11-14)17(19)24/h4-6,11,13,16H,7-10,12H2,1-3H3,(H2,19,24)(H2,20,21,22). The van der Waals surface area contributed by atoms with Crippen LogP contribution in [0, 0.1) is 0 Å². The average molecular weight is 331 g/mol. The Hall–Kier alpha value is -2.08. The maximum Gasteiger partial charge on any atom is 0.248 e. The van der Waals surface area contributed by atoms with Gasteiger partial charge in [-0.15, -0.1) is 0 Å². The lowest BCUT2D eigenvalue weighted by Crippen LogP contribution is -2.49. The number of piperidine rings is 1. The molecule has 1 fully saturated rings. The van der Waals surface area contributed by atoms with Crippen molar-refractivity contribution >= 4 is 11.9 Å². The van der Waals surface area contributed by atoms with Crippen LogP contribution >= 0.6 is 0 Å². The van der Waals surface area contributed by atoms with Gasteiger partial charge >= 0.3 is 0 Å². The van der Waals surface area contributed by atoms with E-state index < -0.39 is 5.91 Å². The number of benzene rings is 1. The van der Waals surface area contributed by atoms with Crippen LogP contribution in [-0.4, -0.2) is 49.0 Å². The Balaban J connectivity index is 1.83. The van der Waals surface area contributed by atoms with Crippen LogP contribution in [0.4, 0.5) is 0 Å². The number of hydrogen-bond acceptors (Lipinski definition) is 3. The maximum atomic E-state index is 11.2. The maximum absolute atomic E-state index is 11.2. The second kappa shape index (κ2) is 8.68. The molecule has 0 atom stereocenters. The van der Waals surface area contributed by atoms with Gasteiger partial charge in [0.15, 0.2) is 5.96 Å². The summed E-state index contributed by atoms with van der Waals surface area (Å²) in [5, 5.41) is 6.80. The summed E-state index contributed by atoms with van der Waals surface area (Å²) in [5.74, 6) is 0.388. The quantitative estimate of drug-likeness (QED) is 0.561. The molecule has 4 N–H and O–H groups in total. The normalized spacial score (nSPS) is 17.1. The molecule has 1 heterocycles. The van der Waals surface area contributed by atoms with Crippen LogP contribution in [0.1, 0.15) is 42.6 Å². The molecular formula is C18H29N5O. The number of nitrogens with two attached hydrogens (primary N) is 1. The van der Waals surface area contributed by atoms with Crippen molar-refractivity contribution < 1.29 is 4.79 Å². The molecule has 1 aliphatic rings. The third-order valence-corrected chi connectivity index (χ3v) is 4.50. The van der Waals surface area contributed by atoms with Gasteiger partial charge in [0.25, 0.3) is 0 Å². The van der Waals surface area contributed by atoms with Crippen molar-refractivity contribution in [3.8, 4) is 0 Å². The van der Waals surface area contributed by atoms with E-state index in [2.05, 4.69) is 34.4 Å². The topological polar surface area (TPSA) is 82.7 Å². The molecule has 1 aromatic rings. The first kappa shape index (κ1) is 18.3. The molecule has 1 aliphatic heterocycles. The second-order valence-corrected chi connectivity index (χ2v) is 6.54. The highest BCUT2D eigenvalue weighted by molar-refractivity contribution is 5.92. The lowest BCUT2D eigenvalue weighted by molar-refractivity contribution is 0.1000. The fourth-order valence-corrected chi connectivity index (χ4v) is 2.97. The molecule has 0 aliphatic carbocycles. The molecular weight excluding hydrogens is 302 g/mol. The number of aliphatic imine (C=N–C) groups is 1. The largest absolute Gasteiger partial charge is 0.366 e. The average Bonchev–Trinajstić information content (AvgIpc) is 2.59. The van der Waals surface area contributed by atoms with Crippen molar-refractivity contribution in [1.82, 2.24) is 15.5 Å². The Bertz CT molecular complexity index is 577. The molecule has 1 aromatic carbocycles. The number of likely N-dealkylation sites (tertiary alicyclic amines) is 1. The summed E-state index contributed by atoms with van der Waals surface area (Å²) in [7, 11) is 1.78. The van der Waals surface area contributed by atoms with E-state index in [9.17, 15) is 4.79 Å². The third kappa shape index (κ3) is 5.23. The fraction of sp³-hybridized carbons (Fsp3) is 0.556. The Morgan fingerprint density at radius 2 is 2.08 bits per heavy atom. The van der Waals surface area contributed by atoms with E-state index in [4.69, 9.17) is 5.73 Å². The van der Waals surface area contributed by atoms with Crippen LogP contribution in [0.3, 0.4) is 0 Å². The number of carbonyl (C=O) groups is 1. The number of nitrogens with zero attached hydrogens (tertiary/aromatic N) is 2. The monoisotopic (exact) mass is 331 g/mol. The van der Waals surface area contributed by atoms with E-state index in [1.807, 2.05) is 18.2 Å². The molecule has 1 saturated heterocycles. The first-order valence-electron chi connectivity index (χ1n) is 8.59. The number of rotatable bonds is 5. The minimum Gasteiger partial charge on any atom is -0.366 e. The van der Waals surface area contributed by atoms with Gasteiger partial charge in [-0.1, -0.05) is 12.1 Å². The number of carbonyl (C=O) groups excluding carboxylic acids is 1. The fourth-order valence-electron chi connectivity index (χ4n) is 2.97. The summed E-state index contributed by atoms with van der Waals surface area (Å²) in [6, 6.07) is 8.40.